The van der Waals surface area contributed by atoms with Gasteiger partial charge in [-0.3, -0.25) is 9.59 Å². The number of rotatable bonds is 3. The molecule has 18 heavy (non-hydrogen) atoms. The maximum atomic E-state index is 12.1. The summed E-state index contributed by atoms with van der Waals surface area (Å²) in [6, 6.07) is 0. The molecule has 1 rings (SSSR count). The summed E-state index contributed by atoms with van der Waals surface area (Å²) < 4.78 is 27.6. The van der Waals surface area contributed by atoms with E-state index in [1.165, 1.54) is 6.92 Å². The highest BCUT2D eigenvalue weighted by Gasteiger charge is 2.29. The van der Waals surface area contributed by atoms with Gasteiger partial charge in [-0.25, -0.2) is 13.1 Å². The monoisotopic (exact) mass is 272 g/mol. The van der Waals surface area contributed by atoms with Crippen molar-refractivity contribution >= 4 is 21.7 Å². The maximum absolute atomic E-state index is 12.1. The van der Waals surface area contributed by atoms with Crippen LogP contribution >= 0.6 is 0 Å². The molecule has 0 aliphatic rings. The fourth-order valence-electron chi connectivity index (χ4n) is 1.90. The molecule has 0 aliphatic carbocycles. The van der Waals surface area contributed by atoms with Gasteiger partial charge in [0.05, 0.1) is 5.56 Å². The maximum Gasteiger partial charge on any atom is 0.266 e. The minimum absolute atomic E-state index is 0.120. The molecule has 100 valence electrons. The van der Waals surface area contributed by atoms with E-state index in [2.05, 4.69) is 0 Å². The molecule has 1 heterocycles. The largest absolute Gasteiger partial charge is 0.350 e. The average Bonchev–Trinajstić information content (AvgIpc) is 2.41. The Morgan fingerprint density at radius 3 is 2.00 bits per heavy atom. The summed E-state index contributed by atoms with van der Waals surface area (Å²) in [6.07, 6.45) is 0. The summed E-state index contributed by atoms with van der Waals surface area (Å²) >= 11 is 0. The fourth-order valence-corrected chi connectivity index (χ4v) is 3.47. The lowest BCUT2D eigenvalue weighted by Gasteiger charge is -2.06. The number of hydrogen-bond donors (Lipinski definition) is 1. The number of carbonyl (C=O) groups is 2. The van der Waals surface area contributed by atoms with Crippen molar-refractivity contribution < 1.29 is 18.0 Å². The van der Waals surface area contributed by atoms with Crippen LogP contribution in [0.25, 0.3) is 0 Å². The van der Waals surface area contributed by atoms with Gasteiger partial charge in [-0.05, 0) is 20.8 Å². The van der Waals surface area contributed by atoms with Gasteiger partial charge in [0.1, 0.15) is 4.90 Å². The first-order valence-electron chi connectivity index (χ1n) is 5.29. The Labute approximate surface area is 106 Å². The first-order valence-corrected chi connectivity index (χ1v) is 6.78. The number of sulfonamides is 1. The Kier molecular flexibility index (Phi) is 3.66. The molecule has 1 amide bonds. The van der Waals surface area contributed by atoms with E-state index in [4.69, 9.17) is 0 Å². The van der Waals surface area contributed by atoms with Gasteiger partial charge in [0.2, 0.25) is 5.91 Å². The van der Waals surface area contributed by atoms with E-state index in [1.807, 2.05) is 4.72 Å². The van der Waals surface area contributed by atoms with Crippen LogP contribution in [0.2, 0.25) is 0 Å². The standard InChI is InChI=1S/C11H16N2O4S/c1-6-10(8(3)14)11(7(2)13(6)5)18(16,17)12-9(4)15/h1-5H3,(H,12,15). The minimum atomic E-state index is -4.01. The number of ketones is 1. The second-order valence-corrected chi connectivity index (χ2v) is 5.77. The van der Waals surface area contributed by atoms with Crippen molar-refractivity contribution in [2.24, 2.45) is 7.05 Å². The van der Waals surface area contributed by atoms with Crippen LogP contribution in [0.1, 0.15) is 35.6 Å². The van der Waals surface area contributed by atoms with Crippen molar-refractivity contribution in [2.45, 2.75) is 32.6 Å². The molecule has 0 atom stereocenters. The predicted molar refractivity (Wildman–Crippen MR) is 65.9 cm³/mol. The van der Waals surface area contributed by atoms with Gasteiger partial charge >= 0.3 is 0 Å². The number of hydrogen-bond acceptors (Lipinski definition) is 4. The molecule has 0 aliphatic heterocycles. The number of carbonyl (C=O) groups excluding carboxylic acids is 2. The molecular weight excluding hydrogens is 256 g/mol. The minimum Gasteiger partial charge on any atom is -0.350 e. The molecule has 0 radical (unpaired) electrons. The van der Waals surface area contributed by atoms with E-state index < -0.39 is 15.9 Å². The summed E-state index contributed by atoms with van der Waals surface area (Å²) in [4.78, 5) is 22.4. The highest BCUT2D eigenvalue weighted by Crippen LogP contribution is 2.26. The van der Waals surface area contributed by atoms with Crippen molar-refractivity contribution in [3.05, 3.63) is 17.0 Å². The highest BCUT2D eigenvalue weighted by atomic mass is 32.2. The summed E-state index contributed by atoms with van der Waals surface area (Å²) in [6.45, 7) is 5.66. The van der Waals surface area contributed by atoms with Crippen molar-refractivity contribution in [2.75, 3.05) is 0 Å². The number of aromatic nitrogens is 1. The van der Waals surface area contributed by atoms with E-state index in [0.717, 1.165) is 6.92 Å². The third-order valence-electron chi connectivity index (χ3n) is 2.82. The molecule has 7 heteroatoms. The predicted octanol–water partition coefficient (Wildman–Crippen LogP) is 0.669. The quantitative estimate of drug-likeness (QED) is 0.819. The Morgan fingerprint density at radius 1 is 1.11 bits per heavy atom. The van der Waals surface area contributed by atoms with E-state index in [0.29, 0.717) is 11.4 Å². The molecule has 0 fully saturated rings. The van der Waals surface area contributed by atoms with Gasteiger partial charge in [-0.2, -0.15) is 0 Å². The molecule has 0 bridgehead atoms. The molecule has 0 unspecified atom stereocenters. The zero-order valence-corrected chi connectivity index (χ0v) is 11.8. The molecule has 0 saturated carbocycles. The second-order valence-electron chi connectivity index (χ2n) is 4.15. The van der Waals surface area contributed by atoms with Crippen LogP contribution in [-0.2, 0) is 21.9 Å². The lowest BCUT2D eigenvalue weighted by Crippen LogP contribution is -2.29. The summed E-state index contributed by atoms with van der Waals surface area (Å²) in [5.41, 5.74) is 1.11. The number of Topliss-reactive ketones (excluding diaryl/α,β-unsaturated/α-hetero) is 1. The molecule has 6 nitrogen and oxygen atoms in total. The van der Waals surface area contributed by atoms with E-state index >= 15 is 0 Å². The third kappa shape index (κ3) is 2.31. The molecule has 1 aromatic rings. The number of nitrogens with zero attached hydrogens (tertiary/aromatic N) is 1. The normalized spacial score (nSPS) is 11.4. The van der Waals surface area contributed by atoms with Gasteiger partial charge in [-0.15, -0.1) is 0 Å². The molecular formula is C11H16N2O4S. The van der Waals surface area contributed by atoms with Crippen molar-refractivity contribution in [1.29, 1.82) is 0 Å². The zero-order chi connectivity index (χ0) is 14.2. The Bertz CT molecular complexity index is 626. The Balaban J connectivity index is 3.65. The van der Waals surface area contributed by atoms with Crippen LogP contribution in [0, 0.1) is 13.8 Å². The molecule has 1 N–H and O–H groups in total. The fraction of sp³-hybridized carbons (Fsp3) is 0.455. The SMILES string of the molecule is CC(=O)NS(=O)(=O)c1c(C(C)=O)c(C)n(C)c1C. The van der Waals surface area contributed by atoms with Gasteiger partial charge in [0.25, 0.3) is 10.0 Å². The van der Waals surface area contributed by atoms with Gasteiger partial charge in [-0.1, -0.05) is 0 Å². The second kappa shape index (κ2) is 4.56. The van der Waals surface area contributed by atoms with E-state index in [9.17, 15) is 18.0 Å². The van der Waals surface area contributed by atoms with Gasteiger partial charge in [0, 0.05) is 25.4 Å². The lowest BCUT2D eigenvalue weighted by atomic mass is 10.2. The smallest absolute Gasteiger partial charge is 0.266 e. The summed E-state index contributed by atoms with van der Waals surface area (Å²) in [5.74, 6) is -1.04. The topological polar surface area (TPSA) is 85.2 Å². The van der Waals surface area contributed by atoms with Crippen LogP contribution in [0.5, 0.6) is 0 Å². The molecule has 0 aromatic carbocycles. The van der Waals surface area contributed by atoms with Crippen molar-refractivity contribution in [3.8, 4) is 0 Å². The third-order valence-corrected chi connectivity index (χ3v) is 4.42. The summed E-state index contributed by atoms with van der Waals surface area (Å²) in [5, 5.41) is 0. The van der Waals surface area contributed by atoms with Crippen LogP contribution in [0.3, 0.4) is 0 Å². The lowest BCUT2D eigenvalue weighted by molar-refractivity contribution is -0.117. The molecule has 1 aromatic heterocycles. The first-order chi connectivity index (χ1) is 8.09. The van der Waals surface area contributed by atoms with Crippen LogP contribution in [-0.4, -0.2) is 24.7 Å². The number of nitrogens with one attached hydrogen (secondary N) is 1. The Hall–Kier alpha value is -1.63. The van der Waals surface area contributed by atoms with Gasteiger partial charge < -0.3 is 4.57 Å². The van der Waals surface area contributed by atoms with E-state index in [1.54, 1.807) is 25.5 Å². The highest BCUT2D eigenvalue weighted by molar-refractivity contribution is 7.90. The van der Waals surface area contributed by atoms with Crippen molar-refractivity contribution in [1.82, 2.24) is 9.29 Å². The van der Waals surface area contributed by atoms with Gasteiger partial charge in [0.15, 0.2) is 5.78 Å². The van der Waals surface area contributed by atoms with Crippen LogP contribution in [0.4, 0.5) is 0 Å². The summed E-state index contributed by atoms with van der Waals surface area (Å²) in [7, 11) is -2.34. The molecule has 0 spiro atoms. The van der Waals surface area contributed by atoms with Crippen molar-refractivity contribution in [3.63, 3.8) is 0 Å². The first kappa shape index (κ1) is 14.4. The zero-order valence-electron chi connectivity index (χ0n) is 11.0. The average molecular weight is 272 g/mol. The molecule has 0 saturated heterocycles. The Morgan fingerprint density at radius 2 is 1.61 bits per heavy atom. The van der Waals surface area contributed by atoms with E-state index in [-0.39, 0.29) is 16.2 Å². The van der Waals surface area contributed by atoms with Crippen LogP contribution < -0.4 is 4.72 Å². The number of amides is 1. The van der Waals surface area contributed by atoms with Crippen LogP contribution in [0.15, 0.2) is 4.90 Å².